The molecule has 2 N–H and O–H groups in total. The quantitative estimate of drug-likeness (QED) is 0.672. The number of piperazine rings is 1. The average molecular weight is 417 g/mol. The van der Waals surface area contributed by atoms with Crippen molar-refractivity contribution in [2.75, 3.05) is 19.6 Å². The molecule has 0 spiro atoms. The molecule has 0 aromatic heterocycles. The fourth-order valence-corrected chi connectivity index (χ4v) is 7.95. The van der Waals surface area contributed by atoms with Gasteiger partial charge in [-0.1, -0.05) is 13.8 Å². The highest BCUT2D eigenvalue weighted by atomic mass is 16.5. The van der Waals surface area contributed by atoms with Crippen LogP contribution in [0.3, 0.4) is 0 Å². The molecule has 1 saturated heterocycles. The highest BCUT2D eigenvalue weighted by Gasteiger charge is 2.62. The van der Waals surface area contributed by atoms with E-state index in [0.29, 0.717) is 55.1 Å². The number of hydrogen-bond donors (Lipinski definition) is 2. The SMILES string of the molecule is C[C@]12CC[C@H](OC(=O)[C@H]3CNCCN3)C[C@@H]1C(=O)C[C@@H]1[C@@H]2CC[C@]2(C)C(=O)CC[C@@H]12. The molecule has 1 heterocycles. The van der Waals surface area contributed by atoms with Crippen LogP contribution in [0.25, 0.3) is 0 Å². The number of ketones is 2. The average Bonchev–Trinajstić information content (AvgIpc) is 3.04. The molecule has 0 aromatic carbocycles. The second kappa shape index (κ2) is 7.40. The van der Waals surface area contributed by atoms with Crippen LogP contribution >= 0.6 is 0 Å². The van der Waals surface area contributed by atoms with Crippen LogP contribution in [0.2, 0.25) is 0 Å². The van der Waals surface area contributed by atoms with E-state index >= 15 is 0 Å². The van der Waals surface area contributed by atoms with E-state index < -0.39 is 0 Å². The van der Waals surface area contributed by atoms with Gasteiger partial charge in [-0.3, -0.25) is 14.4 Å². The highest BCUT2D eigenvalue weighted by molar-refractivity contribution is 5.88. The van der Waals surface area contributed by atoms with Crippen LogP contribution in [-0.2, 0) is 19.1 Å². The van der Waals surface area contributed by atoms with Gasteiger partial charge in [-0.2, -0.15) is 0 Å². The molecule has 166 valence electrons. The lowest BCUT2D eigenvalue weighted by atomic mass is 9.45. The van der Waals surface area contributed by atoms with E-state index in [1.807, 2.05) is 0 Å². The first kappa shape index (κ1) is 20.6. The largest absolute Gasteiger partial charge is 0.461 e. The molecule has 0 radical (unpaired) electrons. The van der Waals surface area contributed by atoms with Gasteiger partial charge >= 0.3 is 5.97 Å². The van der Waals surface area contributed by atoms with E-state index in [2.05, 4.69) is 24.5 Å². The topological polar surface area (TPSA) is 84.5 Å². The number of ether oxygens (including phenoxy) is 1. The third-order valence-corrected chi connectivity index (χ3v) is 9.73. The molecule has 5 aliphatic rings. The van der Waals surface area contributed by atoms with Crippen LogP contribution in [0.1, 0.15) is 65.2 Å². The van der Waals surface area contributed by atoms with Crippen LogP contribution in [0.4, 0.5) is 0 Å². The molecule has 8 atom stereocenters. The molecule has 0 amide bonds. The summed E-state index contributed by atoms with van der Waals surface area (Å²) < 4.78 is 5.87. The standard InChI is InChI=1S/C24H36N2O4/c1-23-7-5-14(30-22(29)19-13-25-9-10-26-19)11-18(23)20(27)12-15-16-3-4-21(28)24(16,2)8-6-17(15)23/h14-19,25-26H,3-13H2,1-2H3/t14-,15-,16-,17-,18+,19+,23+,24-/m0/s1. The molecule has 0 unspecified atom stereocenters. The van der Waals surface area contributed by atoms with E-state index in [1.54, 1.807) is 0 Å². The Kier molecular flexibility index (Phi) is 5.09. The summed E-state index contributed by atoms with van der Waals surface area (Å²) in [6, 6.07) is -0.283. The zero-order valence-electron chi connectivity index (χ0n) is 18.4. The molecular formula is C24H36N2O4. The lowest BCUT2D eigenvalue weighted by molar-refractivity contribution is -0.171. The fourth-order valence-electron chi connectivity index (χ4n) is 7.95. The van der Waals surface area contributed by atoms with Gasteiger partial charge in [0.15, 0.2) is 0 Å². The van der Waals surface area contributed by atoms with Gasteiger partial charge in [0.05, 0.1) is 0 Å². The van der Waals surface area contributed by atoms with Gasteiger partial charge in [0.1, 0.15) is 23.7 Å². The number of esters is 1. The lowest BCUT2D eigenvalue weighted by Crippen LogP contribution is -2.58. The molecule has 4 saturated carbocycles. The van der Waals surface area contributed by atoms with Crippen molar-refractivity contribution in [3.63, 3.8) is 0 Å². The van der Waals surface area contributed by atoms with E-state index in [9.17, 15) is 14.4 Å². The van der Waals surface area contributed by atoms with Crippen molar-refractivity contribution in [1.29, 1.82) is 0 Å². The zero-order valence-corrected chi connectivity index (χ0v) is 18.4. The van der Waals surface area contributed by atoms with Crippen molar-refractivity contribution in [1.82, 2.24) is 10.6 Å². The van der Waals surface area contributed by atoms with Crippen LogP contribution < -0.4 is 10.6 Å². The van der Waals surface area contributed by atoms with E-state index in [4.69, 9.17) is 4.74 Å². The van der Waals surface area contributed by atoms with Gasteiger partial charge in [-0.25, -0.2) is 0 Å². The van der Waals surface area contributed by atoms with Crippen molar-refractivity contribution in [2.24, 2.45) is 34.5 Å². The van der Waals surface area contributed by atoms with Crippen molar-refractivity contribution in [3.8, 4) is 0 Å². The first-order valence-electron chi connectivity index (χ1n) is 12.0. The van der Waals surface area contributed by atoms with Crippen molar-refractivity contribution >= 4 is 17.5 Å². The van der Waals surface area contributed by atoms with Gasteiger partial charge in [0.2, 0.25) is 0 Å². The Morgan fingerprint density at radius 1 is 1.07 bits per heavy atom. The maximum Gasteiger partial charge on any atom is 0.324 e. The number of Topliss-reactive ketones (excluding diaryl/α,β-unsaturated/α-hetero) is 2. The van der Waals surface area contributed by atoms with E-state index in [1.165, 1.54) is 0 Å². The molecule has 6 nitrogen and oxygen atoms in total. The highest BCUT2D eigenvalue weighted by Crippen LogP contribution is 2.64. The van der Waals surface area contributed by atoms with Gasteiger partial charge in [-0.15, -0.1) is 0 Å². The van der Waals surface area contributed by atoms with Crippen LogP contribution in [0, 0.1) is 34.5 Å². The minimum atomic E-state index is -0.283. The number of carbonyl (C=O) groups is 3. The van der Waals surface area contributed by atoms with E-state index in [0.717, 1.165) is 45.2 Å². The monoisotopic (exact) mass is 416 g/mol. The molecule has 4 aliphatic carbocycles. The maximum absolute atomic E-state index is 13.3. The second-order valence-corrected chi connectivity index (χ2v) is 11.1. The first-order chi connectivity index (χ1) is 14.3. The predicted molar refractivity (Wildman–Crippen MR) is 112 cm³/mol. The summed E-state index contributed by atoms with van der Waals surface area (Å²) in [7, 11) is 0. The number of nitrogens with one attached hydrogen (secondary N) is 2. The zero-order chi connectivity index (χ0) is 21.1. The summed E-state index contributed by atoms with van der Waals surface area (Å²) >= 11 is 0. The number of hydrogen-bond acceptors (Lipinski definition) is 6. The smallest absolute Gasteiger partial charge is 0.324 e. The Morgan fingerprint density at radius 2 is 1.90 bits per heavy atom. The third kappa shape index (κ3) is 3.09. The van der Waals surface area contributed by atoms with Crippen molar-refractivity contribution in [2.45, 2.75) is 77.4 Å². The van der Waals surface area contributed by atoms with Gasteiger partial charge in [0, 0.05) is 43.8 Å². The molecule has 0 aromatic rings. The van der Waals surface area contributed by atoms with Crippen LogP contribution in [0.5, 0.6) is 0 Å². The molecular weight excluding hydrogens is 380 g/mol. The third-order valence-electron chi connectivity index (χ3n) is 9.73. The summed E-state index contributed by atoms with van der Waals surface area (Å²) in [6.45, 7) is 6.73. The van der Waals surface area contributed by atoms with Gasteiger partial charge in [0.25, 0.3) is 0 Å². The van der Waals surface area contributed by atoms with Gasteiger partial charge in [-0.05, 0) is 61.7 Å². The maximum atomic E-state index is 13.3. The van der Waals surface area contributed by atoms with Crippen LogP contribution in [0.15, 0.2) is 0 Å². The normalized spacial score (nSPS) is 48.5. The number of rotatable bonds is 2. The minimum Gasteiger partial charge on any atom is -0.461 e. The summed E-state index contributed by atoms with van der Waals surface area (Å²) in [4.78, 5) is 38.5. The first-order valence-corrected chi connectivity index (χ1v) is 12.0. The lowest BCUT2D eigenvalue weighted by Gasteiger charge is -2.59. The Bertz CT molecular complexity index is 747. The summed E-state index contributed by atoms with van der Waals surface area (Å²) in [6.07, 6.45) is 6.62. The summed E-state index contributed by atoms with van der Waals surface area (Å²) in [5.41, 5.74) is -0.209. The Hall–Kier alpha value is -1.27. The predicted octanol–water partition coefficient (Wildman–Crippen LogP) is 2.25. The van der Waals surface area contributed by atoms with Gasteiger partial charge < -0.3 is 15.4 Å². The molecule has 5 rings (SSSR count). The molecule has 1 aliphatic heterocycles. The van der Waals surface area contributed by atoms with Crippen LogP contribution in [-0.4, -0.2) is 49.3 Å². The molecule has 6 heteroatoms. The Morgan fingerprint density at radius 3 is 2.67 bits per heavy atom. The molecule has 30 heavy (non-hydrogen) atoms. The number of fused-ring (bicyclic) bond motifs is 5. The molecule has 5 fully saturated rings. The van der Waals surface area contributed by atoms with Crippen molar-refractivity contribution in [3.05, 3.63) is 0 Å². The number of carbonyl (C=O) groups excluding carboxylic acids is 3. The second-order valence-electron chi connectivity index (χ2n) is 11.1. The summed E-state index contributed by atoms with van der Waals surface area (Å²) in [5.74, 6) is 1.84. The summed E-state index contributed by atoms with van der Waals surface area (Å²) in [5, 5.41) is 6.44. The minimum absolute atomic E-state index is 0.01000. The Balaban J connectivity index is 1.30. The van der Waals surface area contributed by atoms with E-state index in [-0.39, 0.29) is 34.9 Å². The molecule has 0 bridgehead atoms. The Labute approximate surface area is 179 Å². The fraction of sp³-hybridized carbons (Fsp3) is 0.875. The van der Waals surface area contributed by atoms with Crippen molar-refractivity contribution < 1.29 is 19.1 Å².